The van der Waals surface area contributed by atoms with Gasteiger partial charge in [0.15, 0.2) is 0 Å². The highest BCUT2D eigenvalue weighted by Gasteiger charge is 2.09. The van der Waals surface area contributed by atoms with Crippen molar-refractivity contribution < 1.29 is 9.90 Å². The normalized spacial score (nSPS) is 10.8. The second kappa shape index (κ2) is 5.58. The lowest BCUT2D eigenvalue weighted by Gasteiger charge is -2.11. The first-order valence-corrected chi connectivity index (χ1v) is 5.55. The molecule has 0 aliphatic carbocycles. The van der Waals surface area contributed by atoms with Crippen molar-refractivity contribution in [2.45, 2.75) is 46.0 Å². The van der Waals surface area contributed by atoms with Crippen molar-refractivity contribution in [3.8, 4) is 0 Å². The number of carbonyl (C=O) groups is 1. The Kier molecular flexibility index (Phi) is 4.40. The molecule has 0 unspecified atom stereocenters. The molecule has 88 valence electrons. The highest BCUT2D eigenvalue weighted by atomic mass is 16.4. The molecule has 0 saturated carbocycles. The van der Waals surface area contributed by atoms with Gasteiger partial charge in [0.2, 0.25) is 0 Å². The lowest BCUT2D eigenvalue weighted by Crippen LogP contribution is -2.05. The van der Waals surface area contributed by atoms with E-state index in [1.54, 1.807) is 0 Å². The van der Waals surface area contributed by atoms with Crippen molar-refractivity contribution in [3.05, 3.63) is 23.3 Å². The Balaban J connectivity index is 2.74. The number of aliphatic carboxylic acids is 1. The molecule has 0 spiro atoms. The van der Waals surface area contributed by atoms with Gasteiger partial charge in [-0.25, -0.2) is 9.97 Å². The van der Waals surface area contributed by atoms with Gasteiger partial charge in [-0.3, -0.25) is 4.79 Å². The summed E-state index contributed by atoms with van der Waals surface area (Å²) in [7, 11) is 0. The molecule has 0 bridgehead atoms. The summed E-state index contributed by atoms with van der Waals surface area (Å²) in [4.78, 5) is 19.0. The number of carboxylic acids is 1. The van der Waals surface area contributed by atoms with Crippen molar-refractivity contribution in [1.29, 1.82) is 0 Å². The van der Waals surface area contributed by atoms with E-state index in [0.717, 1.165) is 23.5 Å². The Morgan fingerprint density at radius 3 is 2.75 bits per heavy atom. The largest absolute Gasteiger partial charge is 0.481 e. The average molecular weight is 222 g/mol. The molecule has 0 aromatic carbocycles. The third-order valence-electron chi connectivity index (χ3n) is 2.40. The van der Waals surface area contributed by atoms with E-state index in [1.807, 2.05) is 13.1 Å². The van der Waals surface area contributed by atoms with Gasteiger partial charge in [0.1, 0.15) is 5.82 Å². The van der Waals surface area contributed by atoms with Gasteiger partial charge in [0.25, 0.3) is 0 Å². The van der Waals surface area contributed by atoms with E-state index in [-0.39, 0.29) is 6.42 Å². The first kappa shape index (κ1) is 12.6. The fourth-order valence-electron chi connectivity index (χ4n) is 1.64. The molecule has 0 amide bonds. The zero-order valence-corrected chi connectivity index (χ0v) is 10.0. The molecular weight excluding hydrogens is 204 g/mol. The van der Waals surface area contributed by atoms with Crippen LogP contribution in [0, 0.1) is 6.92 Å². The van der Waals surface area contributed by atoms with Gasteiger partial charge in [0.05, 0.1) is 0 Å². The Morgan fingerprint density at radius 2 is 2.19 bits per heavy atom. The Morgan fingerprint density at radius 1 is 1.50 bits per heavy atom. The summed E-state index contributed by atoms with van der Waals surface area (Å²) < 4.78 is 0. The predicted octanol–water partition coefficient (Wildman–Crippen LogP) is 2.32. The minimum atomic E-state index is -0.751. The third-order valence-corrected chi connectivity index (χ3v) is 2.40. The summed E-state index contributed by atoms with van der Waals surface area (Å²) >= 11 is 0. The fraction of sp³-hybridized carbons (Fsp3) is 0.583. The van der Waals surface area contributed by atoms with Crippen LogP contribution in [0.15, 0.2) is 6.20 Å². The number of rotatable bonds is 5. The molecule has 1 heterocycles. The molecule has 0 radical (unpaired) electrons. The van der Waals surface area contributed by atoms with E-state index in [0.29, 0.717) is 12.3 Å². The highest BCUT2D eigenvalue weighted by Crippen LogP contribution is 2.18. The molecular formula is C12H18N2O2. The number of aromatic nitrogens is 2. The molecule has 0 aliphatic heterocycles. The summed E-state index contributed by atoms with van der Waals surface area (Å²) in [6, 6.07) is 0. The van der Waals surface area contributed by atoms with Gasteiger partial charge in [0, 0.05) is 18.3 Å². The van der Waals surface area contributed by atoms with Crippen LogP contribution in [-0.4, -0.2) is 21.0 Å². The Labute approximate surface area is 95.7 Å². The van der Waals surface area contributed by atoms with Crippen molar-refractivity contribution in [3.63, 3.8) is 0 Å². The molecule has 4 nitrogen and oxygen atoms in total. The summed E-state index contributed by atoms with van der Waals surface area (Å²) in [5.41, 5.74) is 2.11. The van der Waals surface area contributed by atoms with E-state index in [2.05, 4.69) is 23.8 Å². The third kappa shape index (κ3) is 3.61. The van der Waals surface area contributed by atoms with Crippen LogP contribution in [0.2, 0.25) is 0 Å². The fourth-order valence-corrected chi connectivity index (χ4v) is 1.64. The smallest absolute Gasteiger partial charge is 0.303 e. The minimum absolute atomic E-state index is 0.200. The van der Waals surface area contributed by atoms with Crippen LogP contribution in [0.3, 0.4) is 0 Å². The van der Waals surface area contributed by atoms with E-state index < -0.39 is 5.97 Å². The second-order valence-corrected chi connectivity index (χ2v) is 4.23. The maximum atomic E-state index is 10.4. The van der Waals surface area contributed by atoms with Gasteiger partial charge in [-0.2, -0.15) is 0 Å². The predicted molar refractivity (Wildman–Crippen MR) is 61.4 cm³/mol. The lowest BCUT2D eigenvalue weighted by molar-refractivity contribution is -0.137. The summed E-state index contributed by atoms with van der Waals surface area (Å²) in [5.74, 6) is 0.367. The van der Waals surface area contributed by atoms with Crippen LogP contribution in [0.1, 0.15) is 49.7 Å². The van der Waals surface area contributed by atoms with Crippen LogP contribution < -0.4 is 0 Å². The van der Waals surface area contributed by atoms with Gasteiger partial charge in [-0.05, 0) is 31.2 Å². The first-order valence-electron chi connectivity index (χ1n) is 5.55. The van der Waals surface area contributed by atoms with Gasteiger partial charge in [-0.15, -0.1) is 0 Å². The molecule has 0 aliphatic rings. The van der Waals surface area contributed by atoms with Gasteiger partial charge >= 0.3 is 5.97 Å². The quantitative estimate of drug-likeness (QED) is 0.830. The van der Waals surface area contributed by atoms with E-state index in [4.69, 9.17) is 5.11 Å². The van der Waals surface area contributed by atoms with E-state index in [9.17, 15) is 4.79 Å². The zero-order valence-electron chi connectivity index (χ0n) is 10.0. The van der Waals surface area contributed by atoms with Crippen LogP contribution in [0.25, 0.3) is 0 Å². The average Bonchev–Trinajstić information content (AvgIpc) is 2.19. The summed E-state index contributed by atoms with van der Waals surface area (Å²) in [6.45, 7) is 6.04. The van der Waals surface area contributed by atoms with Crippen LogP contribution >= 0.6 is 0 Å². The number of aryl methyl sites for hydroxylation is 2. The molecule has 1 rings (SSSR count). The molecule has 1 N–H and O–H groups in total. The lowest BCUT2D eigenvalue weighted by atomic mass is 10.0. The SMILES string of the molecule is Cc1ncc(CCCC(=O)O)c(C(C)C)n1. The monoisotopic (exact) mass is 222 g/mol. The maximum Gasteiger partial charge on any atom is 0.303 e. The van der Waals surface area contributed by atoms with Crippen LogP contribution in [0.5, 0.6) is 0 Å². The second-order valence-electron chi connectivity index (χ2n) is 4.23. The van der Waals surface area contributed by atoms with Crippen molar-refractivity contribution in [2.75, 3.05) is 0 Å². The van der Waals surface area contributed by atoms with Crippen LogP contribution in [-0.2, 0) is 11.2 Å². The standard InChI is InChI=1S/C12H18N2O2/c1-8(2)12-10(5-4-6-11(15)16)7-13-9(3)14-12/h7-8H,4-6H2,1-3H3,(H,15,16). The van der Waals surface area contributed by atoms with E-state index >= 15 is 0 Å². The van der Waals surface area contributed by atoms with Crippen molar-refractivity contribution in [2.24, 2.45) is 0 Å². The van der Waals surface area contributed by atoms with E-state index in [1.165, 1.54) is 0 Å². The van der Waals surface area contributed by atoms with Gasteiger partial charge in [-0.1, -0.05) is 13.8 Å². The van der Waals surface area contributed by atoms with Crippen molar-refractivity contribution >= 4 is 5.97 Å². The number of hydrogen-bond acceptors (Lipinski definition) is 3. The molecule has 1 aromatic rings. The van der Waals surface area contributed by atoms with Crippen molar-refractivity contribution in [1.82, 2.24) is 9.97 Å². The molecule has 0 atom stereocenters. The molecule has 1 aromatic heterocycles. The number of nitrogens with zero attached hydrogens (tertiary/aromatic N) is 2. The molecule has 16 heavy (non-hydrogen) atoms. The van der Waals surface area contributed by atoms with Gasteiger partial charge < -0.3 is 5.11 Å². The number of carboxylic acid groups (broad SMARTS) is 1. The minimum Gasteiger partial charge on any atom is -0.481 e. The Bertz CT molecular complexity index is 375. The molecule has 0 saturated heterocycles. The molecule has 4 heteroatoms. The summed E-state index contributed by atoms with van der Waals surface area (Å²) in [5, 5.41) is 8.58. The highest BCUT2D eigenvalue weighted by molar-refractivity contribution is 5.66. The topological polar surface area (TPSA) is 63.1 Å². The van der Waals surface area contributed by atoms with Crippen LogP contribution in [0.4, 0.5) is 0 Å². The number of hydrogen-bond donors (Lipinski definition) is 1. The maximum absolute atomic E-state index is 10.4. The zero-order chi connectivity index (χ0) is 12.1. The summed E-state index contributed by atoms with van der Waals surface area (Å²) in [6.07, 6.45) is 3.40. The first-order chi connectivity index (χ1) is 7.50. The molecule has 0 fully saturated rings. The Hall–Kier alpha value is -1.45.